The predicted octanol–water partition coefficient (Wildman–Crippen LogP) is 0.572. The van der Waals surface area contributed by atoms with Gasteiger partial charge in [-0.15, -0.1) is 0 Å². The number of nitrogens with two attached hydrogens (primary N) is 1. The fraction of sp³-hybridized carbons (Fsp3) is 0.909. The average Bonchev–Trinajstić information content (AvgIpc) is 2.26. The van der Waals surface area contributed by atoms with Crippen molar-refractivity contribution in [1.82, 2.24) is 10.2 Å². The van der Waals surface area contributed by atoms with Gasteiger partial charge in [-0.25, -0.2) is 0 Å². The number of likely N-dealkylation sites (N-methyl/N-ethyl adjacent to an activating group) is 1. The van der Waals surface area contributed by atoms with Crippen molar-refractivity contribution in [1.29, 1.82) is 0 Å². The second-order valence-electron chi connectivity index (χ2n) is 3.74. The molecule has 0 aromatic heterocycles. The second-order valence-corrected chi connectivity index (χ2v) is 3.74. The Kier molecular flexibility index (Phi) is 8.33. The van der Waals surface area contributed by atoms with E-state index < -0.39 is 0 Å². The number of hydrogen-bond acceptors (Lipinski definition) is 3. The molecule has 4 heteroatoms. The maximum absolute atomic E-state index is 11.7. The SMILES string of the molecule is CCCNC(=O)C(C)N(CC)CCCN. The maximum atomic E-state index is 11.7. The molecular weight excluding hydrogens is 190 g/mol. The Bertz CT molecular complexity index is 173. The van der Waals surface area contributed by atoms with Gasteiger partial charge in [0.05, 0.1) is 6.04 Å². The minimum absolute atomic E-state index is 0.0481. The average molecular weight is 215 g/mol. The lowest BCUT2D eigenvalue weighted by atomic mass is 10.2. The fourth-order valence-corrected chi connectivity index (χ4v) is 1.48. The van der Waals surface area contributed by atoms with Crippen LogP contribution in [-0.2, 0) is 4.79 Å². The highest BCUT2D eigenvalue weighted by atomic mass is 16.2. The summed E-state index contributed by atoms with van der Waals surface area (Å²) in [6.45, 7) is 9.30. The van der Waals surface area contributed by atoms with Crippen LogP contribution in [0, 0.1) is 0 Å². The molecule has 0 rings (SSSR count). The maximum Gasteiger partial charge on any atom is 0.237 e. The lowest BCUT2D eigenvalue weighted by Crippen LogP contribution is -2.45. The highest BCUT2D eigenvalue weighted by Gasteiger charge is 2.18. The third-order valence-electron chi connectivity index (χ3n) is 2.53. The molecule has 1 unspecified atom stereocenters. The molecule has 0 spiro atoms. The van der Waals surface area contributed by atoms with Gasteiger partial charge in [-0.3, -0.25) is 9.69 Å². The molecule has 3 N–H and O–H groups in total. The summed E-state index contributed by atoms with van der Waals surface area (Å²) in [5.41, 5.74) is 5.46. The Morgan fingerprint density at radius 2 is 2.13 bits per heavy atom. The molecule has 4 nitrogen and oxygen atoms in total. The van der Waals surface area contributed by atoms with Gasteiger partial charge in [0.1, 0.15) is 0 Å². The molecule has 0 aliphatic carbocycles. The molecule has 0 saturated heterocycles. The summed E-state index contributed by atoms with van der Waals surface area (Å²) in [4.78, 5) is 13.8. The first-order valence-electron chi connectivity index (χ1n) is 5.89. The topological polar surface area (TPSA) is 58.4 Å². The van der Waals surface area contributed by atoms with Gasteiger partial charge in [0, 0.05) is 13.1 Å². The molecule has 0 aliphatic rings. The Balaban J connectivity index is 3.99. The van der Waals surface area contributed by atoms with Crippen LogP contribution in [0.15, 0.2) is 0 Å². The fourth-order valence-electron chi connectivity index (χ4n) is 1.48. The van der Waals surface area contributed by atoms with Crippen molar-refractivity contribution in [2.45, 2.75) is 39.7 Å². The van der Waals surface area contributed by atoms with Crippen molar-refractivity contribution in [3.05, 3.63) is 0 Å². The lowest BCUT2D eigenvalue weighted by Gasteiger charge is -2.26. The summed E-state index contributed by atoms with van der Waals surface area (Å²) < 4.78 is 0. The van der Waals surface area contributed by atoms with Crippen LogP contribution in [0.3, 0.4) is 0 Å². The molecule has 15 heavy (non-hydrogen) atoms. The normalized spacial score (nSPS) is 12.9. The number of carbonyl (C=O) groups is 1. The van der Waals surface area contributed by atoms with Gasteiger partial charge in [0.2, 0.25) is 5.91 Å². The van der Waals surface area contributed by atoms with E-state index in [0.29, 0.717) is 6.54 Å². The van der Waals surface area contributed by atoms with E-state index in [0.717, 1.165) is 32.5 Å². The first-order valence-corrected chi connectivity index (χ1v) is 5.89. The summed E-state index contributed by atoms with van der Waals surface area (Å²) >= 11 is 0. The number of nitrogens with one attached hydrogen (secondary N) is 1. The van der Waals surface area contributed by atoms with Crippen molar-refractivity contribution >= 4 is 5.91 Å². The van der Waals surface area contributed by atoms with E-state index in [2.05, 4.69) is 24.1 Å². The highest BCUT2D eigenvalue weighted by Crippen LogP contribution is 2.00. The standard InChI is InChI=1S/C11H25N3O/c1-4-8-13-11(15)10(3)14(5-2)9-6-7-12/h10H,4-9,12H2,1-3H3,(H,13,15). The largest absolute Gasteiger partial charge is 0.355 e. The first-order chi connectivity index (χ1) is 7.17. The highest BCUT2D eigenvalue weighted by molar-refractivity contribution is 5.81. The van der Waals surface area contributed by atoms with Crippen LogP contribution >= 0.6 is 0 Å². The molecule has 1 amide bonds. The van der Waals surface area contributed by atoms with Crippen molar-refractivity contribution in [3.63, 3.8) is 0 Å². The predicted molar refractivity (Wildman–Crippen MR) is 63.7 cm³/mol. The Hall–Kier alpha value is -0.610. The van der Waals surface area contributed by atoms with E-state index in [9.17, 15) is 4.79 Å². The number of hydrogen-bond donors (Lipinski definition) is 2. The molecule has 0 bridgehead atoms. The van der Waals surface area contributed by atoms with Crippen molar-refractivity contribution in [2.75, 3.05) is 26.2 Å². The number of rotatable bonds is 8. The van der Waals surface area contributed by atoms with Crippen LogP contribution in [0.1, 0.15) is 33.6 Å². The molecule has 90 valence electrons. The van der Waals surface area contributed by atoms with Crippen molar-refractivity contribution in [3.8, 4) is 0 Å². The first kappa shape index (κ1) is 14.4. The van der Waals surface area contributed by atoms with Crippen LogP contribution in [0.4, 0.5) is 0 Å². The molecule has 0 heterocycles. The molecule has 0 fully saturated rings. The Morgan fingerprint density at radius 1 is 1.47 bits per heavy atom. The van der Waals surface area contributed by atoms with Crippen molar-refractivity contribution in [2.24, 2.45) is 5.73 Å². The third kappa shape index (κ3) is 5.74. The minimum Gasteiger partial charge on any atom is -0.355 e. The van der Waals surface area contributed by atoms with Gasteiger partial charge >= 0.3 is 0 Å². The van der Waals surface area contributed by atoms with Crippen LogP contribution < -0.4 is 11.1 Å². The van der Waals surface area contributed by atoms with E-state index >= 15 is 0 Å². The van der Waals surface area contributed by atoms with Gasteiger partial charge < -0.3 is 11.1 Å². The van der Waals surface area contributed by atoms with Gasteiger partial charge in [-0.2, -0.15) is 0 Å². The third-order valence-corrected chi connectivity index (χ3v) is 2.53. The Morgan fingerprint density at radius 3 is 2.60 bits per heavy atom. The van der Waals surface area contributed by atoms with Gasteiger partial charge in [0.25, 0.3) is 0 Å². The smallest absolute Gasteiger partial charge is 0.237 e. The molecule has 0 aromatic rings. The molecule has 0 saturated carbocycles. The van der Waals surface area contributed by atoms with Gasteiger partial charge in [-0.05, 0) is 32.9 Å². The molecule has 1 atom stereocenters. The van der Waals surface area contributed by atoms with E-state index in [1.54, 1.807) is 0 Å². The minimum atomic E-state index is -0.0481. The number of amides is 1. The summed E-state index contributed by atoms with van der Waals surface area (Å²) in [5, 5.41) is 2.91. The summed E-state index contributed by atoms with van der Waals surface area (Å²) in [6, 6.07) is -0.0481. The molecule has 0 radical (unpaired) electrons. The zero-order valence-corrected chi connectivity index (χ0v) is 10.3. The van der Waals surface area contributed by atoms with E-state index in [4.69, 9.17) is 5.73 Å². The summed E-state index contributed by atoms with van der Waals surface area (Å²) in [6.07, 6.45) is 1.92. The van der Waals surface area contributed by atoms with Crippen LogP contribution in [-0.4, -0.2) is 43.0 Å². The number of nitrogens with zero attached hydrogens (tertiary/aromatic N) is 1. The van der Waals surface area contributed by atoms with E-state index in [1.165, 1.54) is 0 Å². The summed E-state index contributed by atoms with van der Waals surface area (Å²) in [7, 11) is 0. The zero-order chi connectivity index (χ0) is 11.7. The van der Waals surface area contributed by atoms with Gasteiger partial charge in [-0.1, -0.05) is 13.8 Å². The lowest BCUT2D eigenvalue weighted by molar-refractivity contribution is -0.125. The van der Waals surface area contributed by atoms with Crippen LogP contribution in [0.2, 0.25) is 0 Å². The van der Waals surface area contributed by atoms with E-state index in [1.807, 2.05) is 6.92 Å². The van der Waals surface area contributed by atoms with E-state index in [-0.39, 0.29) is 11.9 Å². The second kappa shape index (κ2) is 8.68. The number of carbonyl (C=O) groups excluding carboxylic acids is 1. The van der Waals surface area contributed by atoms with Crippen LogP contribution in [0.5, 0.6) is 0 Å². The quantitative estimate of drug-likeness (QED) is 0.622. The summed E-state index contributed by atoms with van der Waals surface area (Å²) in [5.74, 6) is 0.121. The Labute approximate surface area is 93.2 Å². The van der Waals surface area contributed by atoms with Gasteiger partial charge in [0.15, 0.2) is 0 Å². The molecule has 0 aromatic carbocycles. The monoisotopic (exact) mass is 215 g/mol. The zero-order valence-electron chi connectivity index (χ0n) is 10.3. The van der Waals surface area contributed by atoms with Crippen LogP contribution in [0.25, 0.3) is 0 Å². The molecule has 0 aliphatic heterocycles. The van der Waals surface area contributed by atoms with Crippen molar-refractivity contribution < 1.29 is 4.79 Å². The molecular formula is C11H25N3O.